The molecule has 1 aliphatic rings. The van der Waals surface area contributed by atoms with E-state index in [1.807, 2.05) is 0 Å². The quantitative estimate of drug-likeness (QED) is 0.675. The Labute approximate surface area is 74.6 Å². The first kappa shape index (κ1) is 10.0. The molecule has 0 aliphatic heterocycles. The minimum absolute atomic E-state index is 0.242. The lowest BCUT2D eigenvalue weighted by molar-refractivity contribution is -0.102. The first-order chi connectivity index (χ1) is 5.58. The van der Waals surface area contributed by atoms with Gasteiger partial charge in [0, 0.05) is 6.61 Å². The average molecular weight is 172 g/mol. The smallest absolute Gasteiger partial charge is 0.0675 e. The van der Waals surface area contributed by atoms with Crippen LogP contribution in [0.4, 0.5) is 0 Å². The summed E-state index contributed by atoms with van der Waals surface area (Å²) in [7, 11) is 0. The highest BCUT2D eigenvalue weighted by Crippen LogP contribution is 2.42. The molecule has 3 atom stereocenters. The molecule has 72 valence electrons. The maximum atomic E-state index is 9.99. The van der Waals surface area contributed by atoms with E-state index in [4.69, 9.17) is 5.11 Å². The summed E-state index contributed by atoms with van der Waals surface area (Å²) < 4.78 is 0. The topological polar surface area (TPSA) is 40.5 Å². The molecular formula is C10H20O2. The molecule has 0 amide bonds. The van der Waals surface area contributed by atoms with E-state index in [0.29, 0.717) is 11.8 Å². The predicted octanol–water partition coefficient (Wildman–Crippen LogP) is 1.56. The highest BCUT2D eigenvalue weighted by Gasteiger charge is 2.42. The highest BCUT2D eigenvalue weighted by molar-refractivity contribution is 4.94. The minimum atomic E-state index is -0.408. The summed E-state index contributed by atoms with van der Waals surface area (Å²) in [5, 5.41) is 18.7. The lowest BCUT2D eigenvalue weighted by Gasteiger charge is -2.45. The van der Waals surface area contributed by atoms with E-state index in [0.717, 1.165) is 25.7 Å². The van der Waals surface area contributed by atoms with Crippen LogP contribution in [0.3, 0.4) is 0 Å². The molecule has 12 heavy (non-hydrogen) atoms. The number of aliphatic hydroxyl groups excluding tert-OH is 1. The number of hydrogen-bond acceptors (Lipinski definition) is 2. The molecule has 0 spiro atoms. The lowest BCUT2D eigenvalue weighted by Crippen LogP contribution is -2.46. The van der Waals surface area contributed by atoms with Gasteiger partial charge in [-0.25, -0.2) is 0 Å². The van der Waals surface area contributed by atoms with E-state index in [-0.39, 0.29) is 6.61 Å². The van der Waals surface area contributed by atoms with E-state index in [9.17, 15) is 5.11 Å². The molecule has 0 aromatic heterocycles. The summed E-state index contributed by atoms with van der Waals surface area (Å²) in [4.78, 5) is 0. The molecule has 0 aromatic carbocycles. The summed E-state index contributed by atoms with van der Waals surface area (Å²) in [6, 6.07) is 0. The molecule has 1 fully saturated rings. The first-order valence-corrected chi connectivity index (χ1v) is 4.92. The van der Waals surface area contributed by atoms with Crippen LogP contribution >= 0.6 is 0 Å². The second-order valence-corrected chi connectivity index (χ2v) is 4.36. The number of hydrogen-bond donors (Lipinski definition) is 2. The van der Waals surface area contributed by atoms with Crippen LogP contribution in [0.25, 0.3) is 0 Å². The van der Waals surface area contributed by atoms with Crippen LogP contribution < -0.4 is 0 Å². The standard InChI is InChI=1S/C10H20O2/c1-8(4-6-11)7-10(12)5-3-9(10)2/h8-9,11-12H,3-7H2,1-2H3. The Kier molecular flexibility index (Phi) is 3.13. The first-order valence-electron chi connectivity index (χ1n) is 4.92. The second-order valence-electron chi connectivity index (χ2n) is 4.36. The van der Waals surface area contributed by atoms with Crippen molar-refractivity contribution in [2.45, 2.75) is 45.1 Å². The van der Waals surface area contributed by atoms with E-state index in [1.165, 1.54) is 0 Å². The summed E-state index contributed by atoms with van der Waals surface area (Å²) >= 11 is 0. The lowest BCUT2D eigenvalue weighted by atomic mass is 9.66. The molecule has 1 rings (SSSR count). The van der Waals surface area contributed by atoms with Gasteiger partial charge in [0.2, 0.25) is 0 Å². The van der Waals surface area contributed by atoms with Crippen molar-refractivity contribution in [2.75, 3.05) is 6.61 Å². The van der Waals surface area contributed by atoms with E-state index < -0.39 is 5.60 Å². The third-order valence-corrected chi connectivity index (χ3v) is 3.25. The SMILES string of the molecule is CC(CCO)CC1(O)CCC1C. The van der Waals surface area contributed by atoms with Crippen LogP contribution in [0.15, 0.2) is 0 Å². The Bertz CT molecular complexity index is 147. The van der Waals surface area contributed by atoms with Crippen LogP contribution in [0.1, 0.15) is 39.5 Å². The van der Waals surface area contributed by atoms with Gasteiger partial charge in [-0.15, -0.1) is 0 Å². The van der Waals surface area contributed by atoms with Crippen molar-refractivity contribution < 1.29 is 10.2 Å². The van der Waals surface area contributed by atoms with Crippen molar-refractivity contribution in [1.82, 2.24) is 0 Å². The molecule has 0 saturated heterocycles. The molecule has 2 heteroatoms. The maximum absolute atomic E-state index is 9.99. The molecule has 3 unspecified atom stereocenters. The van der Waals surface area contributed by atoms with Crippen LogP contribution in [0, 0.1) is 11.8 Å². The van der Waals surface area contributed by atoms with Crippen molar-refractivity contribution in [2.24, 2.45) is 11.8 Å². The van der Waals surface area contributed by atoms with Crippen molar-refractivity contribution >= 4 is 0 Å². The molecule has 0 radical (unpaired) electrons. The van der Waals surface area contributed by atoms with Gasteiger partial charge in [-0.2, -0.15) is 0 Å². The summed E-state index contributed by atoms with van der Waals surface area (Å²) in [6.45, 7) is 4.44. The molecular weight excluding hydrogens is 152 g/mol. The van der Waals surface area contributed by atoms with Crippen LogP contribution in [-0.2, 0) is 0 Å². The second kappa shape index (κ2) is 3.75. The molecule has 2 nitrogen and oxygen atoms in total. The molecule has 0 bridgehead atoms. The molecule has 1 aliphatic carbocycles. The van der Waals surface area contributed by atoms with Crippen molar-refractivity contribution in [3.63, 3.8) is 0 Å². The Morgan fingerprint density at radius 1 is 1.58 bits per heavy atom. The zero-order valence-electron chi connectivity index (χ0n) is 8.08. The fraction of sp³-hybridized carbons (Fsp3) is 1.00. The Morgan fingerprint density at radius 2 is 2.25 bits per heavy atom. The van der Waals surface area contributed by atoms with Crippen LogP contribution in [0.5, 0.6) is 0 Å². The van der Waals surface area contributed by atoms with Gasteiger partial charge in [0.15, 0.2) is 0 Å². The zero-order valence-corrected chi connectivity index (χ0v) is 8.08. The normalized spacial score (nSPS) is 37.5. The van der Waals surface area contributed by atoms with E-state index in [1.54, 1.807) is 0 Å². The zero-order chi connectivity index (χ0) is 9.19. The predicted molar refractivity (Wildman–Crippen MR) is 48.8 cm³/mol. The summed E-state index contributed by atoms with van der Waals surface area (Å²) in [6.07, 6.45) is 3.77. The number of rotatable bonds is 4. The third kappa shape index (κ3) is 1.99. The fourth-order valence-electron chi connectivity index (χ4n) is 2.00. The minimum Gasteiger partial charge on any atom is -0.396 e. The van der Waals surface area contributed by atoms with Gasteiger partial charge >= 0.3 is 0 Å². The van der Waals surface area contributed by atoms with Gasteiger partial charge < -0.3 is 10.2 Å². The van der Waals surface area contributed by atoms with Crippen molar-refractivity contribution in [3.05, 3.63) is 0 Å². The van der Waals surface area contributed by atoms with Gasteiger partial charge in [0.05, 0.1) is 5.60 Å². The van der Waals surface area contributed by atoms with E-state index >= 15 is 0 Å². The Hall–Kier alpha value is -0.0800. The highest BCUT2D eigenvalue weighted by atomic mass is 16.3. The van der Waals surface area contributed by atoms with Gasteiger partial charge in [-0.05, 0) is 37.5 Å². The molecule has 0 aromatic rings. The average Bonchev–Trinajstić information content (AvgIpc) is 2.02. The monoisotopic (exact) mass is 172 g/mol. The molecule has 2 N–H and O–H groups in total. The van der Waals surface area contributed by atoms with E-state index in [2.05, 4.69) is 13.8 Å². The summed E-state index contributed by atoms with van der Waals surface area (Å²) in [5.41, 5.74) is -0.408. The van der Waals surface area contributed by atoms with Gasteiger partial charge in [-0.3, -0.25) is 0 Å². The van der Waals surface area contributed by atoms with Crippen LogP contribution in [-0.4, -0.2) is 22.4 Å². The molecule has 0 heterocycles. The van der Waals surface area contributed by atoms with Gasteiger partial charge in [-0.1, -0.05) is 13.8 Å². The van der Waals surface area contributed by atoms with Gasteiger partial charge in [0.1, 0.15) is 0 Å². The Morgan fingerprint density at radius 3 is 2.58 bits per heavy atom. The summed E-state index contributed by atoms with van der Waals surface area (Å²) in [5.74, 6) is 0.904. The number of aliphatic hydroxyl groups is 2. The maximum Gasteiger partial charge on any atom is 0.0675 e. The van der Waals surface area contributed by atoms with Gasteiger partial charge in [0.25, 0.3) is 0 Å². The van der Waals surface area contributed by atoms with Crippen molar-refractivity contribution in [1.29, 1.82) is 0 Å². The van der Waals surface area contributed by atoms with Crippen LogP contribution in [0.2, 0.25) is 0 Å². The Balaban J connectivity index is 2.29. The third-order valence-electron chi connectivity index (χ3n) is 3.25. The van der Waals surface area contributed by atoms with Crippen molar-refractivity contribution in [3.8, 4) is 0 Å². The fourth-order valence-corrected chi connectivity index (χ4v) is 2.00. The largest absolute Gasteiger partial charge is 0.396 e. The molecule has 1 saturated carbocycles.